The Morgan fingerprint density at radius 3 is 2.44 bits per heavy atom. The molecule has 0 aliphatic rings. The summed E-state index contributed by atoms with van der Waals surface area (Å²) < 4.78 is 1.90. The number of carbonyl (C=O) groups is 1. The Bertz CT molecular complexity index is 337. The van der Waals surface area contributed by atoms with Crippen molar-refractivity contribution in [2.75, 3.05) is 0 Å². The molecule has 0 bridgehead atoms. The van der Waals surface area contributed by atoms with E-state index in [0.717, 1.165) is 18.5 Å². The van der Waals surface area contributed by atoms with Gasteiger partial charge in [-0.05, 0) is 32.8 Å². The molecular formula is C13H22N2O. The van der Waals surface area contributed by atoms with Gasteiger partial charge in [0.2, 0.25) is 0 Å². The fourth-order valence-corrected chi connectivity index (χ4v) is 1.83. The third-order valence-electron chi connectivity index (χ3n) is 2.99. The highest BCUT2D eigenvalue weighted by Gasteiger charge is 2.15. The zero-order valence-corrected chi connectivity index (χ0v) is 10.7. The number of ketones is 1. The molecule has 0 radical (unpaired) electrons. The van der Waals surface area contributed by atoms with Crippen LogP contribution in [0, 0.1) is 5.92 Å². The van der Waals surface area contributed by atoms with Gasteiger partial charge in [-0.15, -0.1) is 0 Å². The second kappa shape index (κ2) is 5.83. The Hall–Kier alpha value is -1.12. The molecule has 1 heterocycles. The Labute approximate surface area is 97.8 Å². The highest BCUT2D eigenvalue weighted by molar-refractivity contribution is 5.82. The van der Waals surface area contributed by atoms with Crippen molar-refractivity contribution in [3.05, 3.63) is 18.0 Å². The van der Waals surface area contributed by atoms with Crippen LogP contribution in [0.1, 0.15) is 52.3 Å². The van der Waals surface area contributed by atoms with E-state index in [9.17, 15) is 4.79 Å². The lowest BCUT2D eigenvalue weighted by Gasteiger charge is -2.09. The molecule has 0 spiro atoms. The van der Waals surface area contributed by atoms with E-state index in [1.165, 1.54) is 0 Å². The summed E-state index contributed by atoms with van der Waals surface area (Å²) in [6.45, 7) is 8.30. The highest BCUT2D eigenvalue weighted by Crippen LogP contribution is 2.13. The molecule has 3 heteroatoms. The summed E-state index contributed by atoms with van der Waals surface area (Å²) in [6, 6.07) is 2.30. The normalized spacial score (nSPS) is 11.4. The first-order valence-corrected chi connectivity index (χ1v) is 6.15. The zero-order chi connectivity index (χ0) is 12.1. The molecule has 0 saturated carbocycles. The average molecular weight is 222 g/mol. The minimum absolute atomic E-state index is 0.198. The van der Waals surface area contributed by atoms with Crippen molar-refractivity contribution in [3.8, 4) is 0 Å². The van der Waals surface area contributed by atoms with Gasteiger partial charge in [0.05, 0.1) is 12.1 Å². The number of Topliss-reactive ketones (excluding diaryl/α,β-unsaturated/α-hetero) is 1. The van der Waals surface area contributed by atoms with E-state index >= 15 is 0 Å². The molecular weight excluding hydrogens is 200 g/mol. The van der Waals surface area contributed by atoms with Crippen LogP contribution in [0.4, 0.5) is 0 Å². The second-order valence-electron chi connectivity index (χ2n) is 4.54. The van der Waals surface area contributed by atoms with Crippen LogP contribution in [-0.4, -0.2) is 15.6 Å². The minimum atomic E-state index is 0.198. The van der Waals surface area contributed by atoms with Crippen LogP contribution in [0.25, 0.3) is 0 Å². The van der Waals surface area contributed by atoms with Crippen LogP contribution in [-0.2, 0) is 11.2 Å². The van der Waals surface area contributed by atoms with Gasteiger partial charge < -0.3 is 0 Å². The quantitative estimate of drug-likeness (QED) is 0.741. The summed E-state index contributed by atoms with van der Waals surface area (Å²) in [6.07, 6.45) is 4.28. The Kier molecular flexibility index (Phi) is 4.71. The van der Waals surface area contributed by atoms with Crippen LogP contribution in [0.3, 0.4) is 0 Å². The largest absolute Gasteiger partial charge is 0.299 e. The van der Waals surface area contributed by atoms with Gasteiger partial charge >= 0.3 is 0 Å². The van der Waals surface area contributed by atoms with Crippen LogP contribution in [0.15, 0.2) is 12.3 Å². The Balaban J connectivity index is 2.62. The van der Waals surface area contributed by atoms with Gasteiger partial charge in [0, 0.05) is 18.2 Å². The molecule has 0 fully saturated rings. The van der Waals surface area contributed by atoms with Crippen LogP contribution >= 0.6 is 0 Å². The van der Waals surface area contributed by atoms with Crippen molar-refractivity contribution < 1.29 is 4.79 Å². The van der Waals surface area contributed by atoms with Gasteiger partial charge in [0.1, 0.15) is 5.78 Å². The van der Waals surface area contributed by atoms with Crippen molar-refractivity contribution in [3.63, 3.8) is 0 Å². The molecule has 90 valence electrons. The summed E-state index contributed by atoms with van der Waals surface area (Å²) in [7, 11) is 0. The number of carbonyl (C=O) groups excluding carboxylic acids is 1. The first kappa shape index (κ1) is 12.9. The maximum absolute atomic E-state index is 11.9. The molecule has 0 aliphatic carbocycles. The first-order valence-electron chi connectivity index (χ1n) is 6.15. The third-order valence-corrected chi connectivity index (χ3v) is 2.99. The first-order chi connectivity index (χ1) is 7.58. The SMILES string of the molecule is CCC(CC)C(=O)Cc1ccn(C(C)C)n1. The number of rotatable bonds is 6. The minimum Gasteiger partial charge on any atom is -0.299 e. The van der Waals surface area contributed by atoms with E-state index in [1.54, 1.807) is 0 Å². The van der Waals surface area contributed by atoms with Crippen molar-refractivity contribution in [2.45, 2.75) is 53.0 Å². The van der Waals surface area contributed by atoms with Crippen molar-refractivity contribution in [1.82, 2.24) is 9.78 Å². The average Bonchev–Trinajstić information content (AvgIpc) is 2.68. The van der Waals surface area contributed by atoms with Gasteiger partial charge in [0.15, 0.2) is 0 Å². The van der Waals surface area contributed by atoms with Gasteiger partial charge in [-0.25, -0.2) is 0 Å². The monoisotopic (exact) mass is 222 g/mol. The topological polar surface area (TPSA) is 34.9 Å². The summed E-state index contributed by atoms with van der Waals surface area (Å²) in [5, 5.41) is 4.40. The molecule has 0 saturated heterocycles. The van der Waals surface area contributed by atoms with Crippen molar-refractivity contribution in [2.24, 2.45) is 5.92 Å². The number of hydrogen-bond donors (Lipinski definition) is 0. The molecule has 1 aromatic heterocycles. The standard InChI is InChI=1S/C13H22N2O/c1-5-11(6-2)13(16)9-12-7-8-15(14-12)10(3)4/h7-8,10-11H,5-6,9H2,1-4H3. The Morgan fingerprint density at radius 2 is 2.00 bits per heavy atom. The van der Waals surface area contributed by atoms with E-state index in [1.807, 2.05) is 16.9 Å². The molecule has 3 nitrogen and oxygen atoms in total. The number of nitrogens with zero attached hydrogens (tertiary/aromatic N) is 2. The Morgan fingerprint density at radius 1 is 1.38 bits per heavy atom. The summed E-state index contributed by atoms with van der Waals surface area (Å²) >= 11 is 0. The van der Waals surface area contributed by atoms with Gasteiger partial charge in [-0.3, -0.25) is 9.48 Å². The lowest BCUT2D eigenvalue weighted by Crippen LogP contribution is -2.15. The molecule has 0 aliphatic heterocycles. The molecule has 1 rings (SSSR count). The molecule has 0 aromatic carbocycles. The smallest absolute Gasteiger partial charge is 0.141 e. The van der Waals surface area contributed by atoms with Crippen molar-refractivity contribution in [1.29, 1.82) is 0 Å². The fourth-order valence-electron chi connectivity index (χ4n) is 1.83. The summed E-state index contributed by atoms with van der Waals surface area (Å²) in [5.41, 5.74) is 0.894. The molecule has 0 amide bonds. The zero-order valence-electron chi connectivity index (χ0n) is 10.7. The maximum atomic E-state index is 11.9. The second-order valence-corrected chi connectivity index (χ2v) is 4.54. The van der Waals surface area contributed by atoms with Crippen LogP contribution in [0.2, 0.25) is 0 Å². The van der Waals surface area contributed by atoms with E-state index in [4.69, 9.17) is 0 Å². The lowest BCUT2D eigenvalue weighted by molar-refractivity contribution is -0.122. The number of aromatic nitrogens is 2. The van der Waals surface area contributed by atoms with Gasteiger partial charge in [-0.2, -0.15) is 5.10 Å². The van der Waals surface area contributed by atoms with Crippen molar-refractivity contribution >= 4 is 5.78 Å². The highest BCUT2D eigenvalue weighted by atomic mass is 16.1. The maximum Gasteiger partial charge on any atom is 0.141 e. The summed E-state index contributed by atoms with van der Waals surface area (Å²) in [4.78, 5) is 11.9. The van der Waals surface area contributed by atoms with Gasteiger partial charge in [-0.1, -0.05) is 13.8 Å². The molecule has 0 unspecified atom stereocenters. The molecule has 0 N–H and O–H groups in total. The lowest BCUT2D eigenvalue weighted by atomic mass is 9.95. The predicted molar refractivity (Wildman–Crippen MR) is 65.4 cm³/mol. The molecule has 1 aromatic rings. The summed E-state index contributed by atoms with van der Waals surface area (Å²) in [5.74, 6) is 0.517. The molecule has 16 heavy (non-hydrogen) atoms. The number of hydrogen-bond acceptors (Lipinski definition) is 2. The van der Waals surface area contributed by atoms with E-state index in [-0.39, 0.29) is 5.92 Å². The van der Waals surface area contributed by atoms with E-state index in [2.05, 4.69) is 32.8 Å². The predicted octanol–water partition coefficient (Wildman–Crippen LogP) is 3.01. The van der Waals surface area contributed by atoms with E-state index in [0.29, 0.717) is 18.2 Å². The fraction of sp³-hybridized carbons (Fsp3) is 0.692. The van der Waals surface area contributed by atoms with Crippen LogP contribution < -0.4 is 0 Å². The van der Waals surface area contributed by atoms with Crippen LogP contribution in [0.5, 0.6) is 0 Å². The van der Waals surface area contributed by atoms with E-state index < -0.39 is 0 Å². The molecule has 0 atom stereocenters. The third kappa shape index (κ3) is 3.19. The van der Waals surface area contributed by atoms with Gasteiger partial charge in [0.25, 0.3) is 0 Å².